The lowest BCUT2D eigenvalue weighted by atomic mass is 10.2. The number of pyridine rings is 1. The predicted molar refractivity (Wildman–Crippen MR) is 110 cm³/mol. The van der Waals surface area contributed by atoms with Crippen LogP contribution in [0.3, 0.4) is 0 Å². The summed E-state index contributed by atoms with van der Waals surface area (Å²) in [5.41, 5.74) is 0.545. The first-order valence-electron chi connectivity index (χ1n) is 9.73. The number of carbonyl (C=O) groups excluding carboxylic acids is 1. The molecule has 1 aliphatic rings. The SMILES string of the molecule is CN=C(NCc1ccc(OC(C)C)nc1)N1CCC(NC(=O)OC(C)(C)C)C1. The Morgan fingerprint density at radius 3 is 2.71 bits per heavy atom. The van der Waals surface area contributed by atoms with E-state index in [2.05, 4.69) is 25.5 Å². The largest absolute Gasteiger partial charge is 0.475 e. The van der Waals surface area contributed by atoms with Crippen LogP contribution in [0.1, 0.15) is 46.6 Å². The normalized spacial score (nSPS) is 17.6. The molecule has 2 heterocycles. The van der Waals surface area contributed by atoms with Gasteiger partial charge in [0.25, 0.3) is 0 Å². The fraction of sp³-hybridized carbons (Fsp3) is 0.650. The zero-order chi connectivity index (χ0) is 20.7. The maximum Gasteiger partial charge on any atom is 0.407 e. The van der Waals surface area contributed by atoms with Gasteiger partial charge in [0.2, 0.25) is 5.88 Å². The van der Waals surface area contributed by atoms with E-state index in [1.54, 1.807) is 13.2 Å². The molecule has 8 nitrogen and oxygen atoms in total. The number of hydrogen-bond acceptors (Lipinski definition) is 5. The maximum absolute atomic E-state index is 12.0. The van der Waals surface area contributed by atoms with Crippen LogP contribution in [0.25, 0.3) is 0 Å². The number of likely N-dealkylation sites (tertiary alicyclic amines) is 1. The Bertz CT molecular complexity index is 667. The van der Waals surface area contributed by atoms with E-state index in [0.717, 1.165) is 24.5 Å². The molecule has 0 radical (unpaired) electrons. The summed E-state index contributed by atoms with van der Waals surface area (Å²) in [5, 5.41) is 6.28. The van der Waals surface area contributed by atoms with Gasteiger partial charge >= 0.3 is 6.09 Å². The Kier molecular flexibility index (Phi) is 7.48. The van der Waals surface area contributed by atoms with E-state index in [4.69, 9.17) is 9.47 Å². The standard InChI is InChI=1S/C20H33N5O3/c1-14(2)27-17-8-7-15(11-22-17)12-23-18(21-6)25-10-9-16(13-25)24-19(26)28-20(3,4)5/h7-8,11,14,16H,9-10,12-13H2,1-6H3,(H,21,23)(H,24,26). The van der Waals surface area contributed by atoms with Gasteiger partial charge < -0.3 is 25.0 Å². The molecule has 0 aromatic carbocycles. The second-order valence-electron chi connectivity index (χ2n) is 8.15. The van der Waals surface area contributed by atoms with Crippen molar-refractivity contribution in [1.29, 1.82) is 0 Å². The number of aliphatic imine (C=N–C) groups is 1. The predicted octanol–water partition coefficient (Wildman–Crippen LogP) is 2.54. The second kappa shape index (κ2) is 9.61. The lowest BCUT2D eigenvalue weighted by Crippen LogP contribution is -2.44. The third-order valence-electron chi connectivity index (χ3n) is 4.03. The number of carbonyl (C=O) groups is 1. The molecule has 0 aliphatic carbocycles. The molecule has 1 amide bonds. The number of hydrogen-bond donors (Lipinski definition) is 2. The Hall–Kier alpha value is -2.51. The van der Waals surface area contributed by atoms with Gasteiger partial charge in [0.15, 0.2) is 5.96 Å². The second-order valence-corrected chi connectivity index (χ2v) is 8.15. The summed E-state index contributed by atoms with van der Waals surface area (Å²) >= 11 is 0. The van der Waals surface area contributed by atoms with Gasteiger partial charge in [-0.05, 0) is 46.6 Å². The van der Waals surface area contributed by atoms with Crippen LogP contribution in [-0.4, -0.2) is 59.8 Å². The fourth-order valence-electron chi connectivity index (χ4n) is 2.88. The quantitative estimate of drug-likeness (QED) is 0.592. The van der Waals surface area contributed by atoms with Crippen molar-refractivity contribution in [3.63, 3.8) is 0 Å². The van der Waals surface area contributed by atoms with Crippen molar-refractivity contribution < 1.29 is 14.3 Å². The first kappa shape index (κ1) is 21.8. The van der Waals surface area contributed by atoms with E-state index in [0.29, 0.717) is 19.0 Å². The van der Waals surface area contributed by atoms with Crippen molar-refractivity contribution in [2.75, 3.05) is 20.1 Å². The Morgan fingerprint density at radius 2 is 2.14 bits per heavy atom. The van der Waals surface area contributed by atoms with Crippen LogP contribution in [0, 0.1) is 0 Å². The van der Waals surface area contributed by atoms with Crippen LogP contribution in [0.4, 0.5) is 4.79 Å². The van der Waals surface area contributed by atoms with Crippen LogP contribution in [-0.2, 0) is 11.3 Å². The highest BCUT2D eigenvalue weighted by atomic mass is 16.6. The fourth-order valence-corrected chi connectivity index (χ4v) is 2.88. The summed E-state index contributed by atoms with van der Waals surface area (Å²) < 4.78 is 10.9. The van der Waals surface area contributed by atoms with Crippen molar-refractivity contribution in [1.82, 2.24) is 20.5 Å². The minimum absolute atomic E-state index is 0.0440. The van der Waals surface area contributed by atoms with E-state index in [1.807, 2.05) is 46.8 Å². The summed E-state index contributed by atoms with van der Waals surface area (Å²) in [4.78, 5) is 22.8. The highest BCUT2D eigenvalue weighted by Gasteiger charge is 2.27. The van der Waals surface area contributed by atoms with Gasteiger partial charge in [-0.2, -0.15) is 0 Å². The molecule has 0 saturated carbocycles. The molecule has 2 N–H and O–H groups in total. The van der Waals surface area contributed by atoms with Crippen LogP contribution < -0.4 is 15.4 Å². The van der Waals surface area contributed by atoms with Gasteiger partial charge in [-0.25, -0.2) is 9.78 Å². The molecule has 1 aliphatic heterocycles. The van der Waals surface area contributed by atoms with Gasteiger partial charge in [0.05, 0.1) is 12.1 Å². The van der Waals surface area contributed by atoms with Crippen LogP contribution in [0.15, 0.2) is 23.3 Å². The highest BCUT2D eigenvalue weighted by molar-refractivity contribution is 5.80. The summed E-state index contributed by atoms with van der Waals surface area (Å²) in [6, 6.07) is 3.90. The minimum Gasteiger partial charge on any atom is -0.475 e. The van der Waals surface area contributed by atoms with Crippen molar-refractivity contribution in [2.24, 2.45) is 4.99 Å². The van der Waals surface area contributed by atoms with Crippen LogP contribution in [0.5, 0.6) is 5.88 Å². The molecule has 28 heavy (non-hydrogen) atoms. The van der Waals surface area contributed by atoms with Gasteiger partial charge in [0, 0.05) is 38.9 Å². The molecule has 0 bridgehead atoms. The zero-order valence-corrected chi connectivity index (χ0v) is 17.8. The van der Waals surface area contributed by atoms with Crippen molar-refractivity contribution >= 4 is 12.1 Å². The number of amides is 1. The van der Waals surface area contributed by atoms with Crippen molar-refractivity contribution in [2.45, 2.75) is 65.3 Å². The number of alkyl carbamates (subject to hydrolysis) is 1. The Balaban J connectivity index is 1.81. The number of rotatable bonds is 5. The third-order valence-corrected chi connectivity index (χ3v) is 4.03. The third kappa shape index (κ3) is 7.25. The zero-order valence-electron chi connectivity index (χ0n) is 17.8. The Morgan fingerprint density at radius 1 is 1.39 bits per heavy atom. The van der Waals surface area contributed by atoms with E-state index < -0.39 is 5.60 Å². The van der Waals surface area contributed by atoms with Crippen LogP contribution >= 0.6 is 0 Å². The average molecular weight is 392 g/mol. The van der Waals surface area contributed by atoms with E-state index in [9.17, 15) is 4.79 Å². The summed E-state index contributed by atoms with van der Waals surface area (Å²) in [6.07, 6.45) is 2.38. The molecular formula is C20H33N5O3. The molecule has 1 aromatic heterocycles. The summed E-state index contributed by atoms with van der Waals surface area (Å²) in [6.45, 7) is 11.6. The molecule has 2 rings (SSSR count). The Labute approximate surface area is 167 Å². The van der Waals surface area contributed by atoms with Crippen LogP contribution in [0.2, 0.25) is 0 Å². The lowest BCUT2D eigenvalue weighted by molar-refractivity contribution is 0.0507. The summed E-state index contributed by atoms with van der Waals surface area (Å²) in [5.74, 6) is 1.43. The maximum atomic E-state index is 12.0. The van der Waals surface area contributed by atoms with Crippen molar-refractivity contribution in [3.05, 3.63) is 23.9 Å². The minimum atomic E-state index is -0.496. The number of ether oxygens (including phenoxy) is 2. The van der Waals surface area contributed by atoms with E-state index >= 15 is 0 Å². The van der Waals surface area contributed by atoms with Gasteiger partial charge in [-0.15, -0.1) is 0 Å². The van der Waals surface area contributed by atoms with Gasteiger partial charge in [0.1, 0.15) is 5.60 Å². The smallest absolute Gasteiger partial charge is 0.407 e. The summed E-state index contributed by atoms with van der Waals surface area (Å²) in [7, 11) is 1.76. The van der Waals surface area contributed by atoms with Crippen molar-refractivity contribution in [3.8, 4) is 5.88 Å². The van der Waals surface area contributed by atoms with E-state index in [-0.39, 0.29) is 18.2 Å². The topological polar surface area (TPSA) is 88.1 Å². The van der Waals surface area contributed by atoms with E-state index in [1.165, 1.54) is 0 Å². The average Bonchev–Trinajstić information content (AvgIpc) is 3.03. The molecule has 156 valence electrons. The number of guanidine groups is 1. The van der Waals surface area contributed by atoms with Gasteiger partial charge in [-0.3, -0.25) is 4.99 Å². The molecule has 1 atom stereocenters. The molecule has 8 heteroatoms. The number of nitrogens with zero attached hydrogens (tertiary/aromatic N) is 3. The molecule has 1 saturated heterocycles. The number of aromatic nitrogens is 1. The number of nitrogens with one attached hydrogen (secondary N) is 2. The molecule has 1 unspecified atom stereocenters. The highest BCUT2D eigenvalue weighted by Crippen LogP contribution is 2.13. The van der Waals surface area contributed by atoms with Gasteiger partial charge in [-0.1, -0.05) is 6.07 Å². The molecule has 1 aromatic rings. The first-order valence-corrected chi connectivity index (χ1v) is 9.73. The monoisotopic (exact) mass is 391 g/mol. The molecule has 0 spiro atoms. The molecule has 1 fully saturated rings. The molecular weight excluding hydrogens is 358 g/mol. The lowest BCUT2D eigenvalue weighted by Gasteiger charge is -2.23. The first-order chi connectivity index (χ1) is 13.2.